The molecule has 0 N–H and O–H groups in total. The molecule has 1 aliphatic rings. The van der Waals surface area contributed by atoms with Crippen LogP contribution in [0.5, 0.6) is 11.5 Å². The fourth-order valence-electron chi connectivity index (χ4n) is 3.05. The number of carbonyl (C=O) groups excluding carboxylic acids is 2. The Bertz CT molecular complexity index is 799. The molecule has 0 aliphatic carbocycles. The Balaban J connectivity index is 1.52. The van der Waals surface area contributed by atoms with E-state index in [0.29, 0.717) is 43.2 Å². The van der Waals surface area contributed by atoms with Gasteiger partial charge in [0.05, 0.1) is 7.11 Å². The fourth-order valence-corrected chi connectivity index (χ4v) is 3.05. The third-order valence-electron chi connectivity index (χ3n) is 4.68. The number of ether oxygens (including phenoxy) is 2. The smallest absolute Gasteiger partial charge is 0.260 e. The van der Waals surface area contributed by atoms with Crippen LogP contribution in [0.1, 0.15) is 15.9 Å². The average molecular weight is 368 g/mol. The van der Waals surface area contributed by atoms with Crippen LogP contribution in [-0.2, 0) is 4.79 Å². The molecular formula is C21H24N2O4. The first-order chi connectivity index (χ1) is 13.1. The van der Waals surface area contributed by atoms with Crippen molar-refractivity contribution in [3.05, 3.63) is 59.7 Å². The van der Waals surface area contributed by atoms with Crippen molar-refractivity contribution in [2.75, 3.05) is 39.9 Å². The maximum Gasteiger partial charge on any atom is 0.260 e. The molecule has 142 valence electrons. The fraction of sp³-hybridized carbons (Fsp3) is 0.333. The molecule has 0 spiro atoms. The lowest BCUT2D eigenvalue weighted by Gasteiger charge is -2.34. The van der Waals surface area contributed by atoms with Crippen LogP contribution in [0.25, 0.3) is 0 Å². The van der Waals surface area contributed by atoms with Gasteiger partial charge in [-0.1, -0.05) is 24.3 Å². The maximum absolute atomic E-state index is 12.7. The molecule has 2 aromatic rings. The lowest BCUT2D eigenvalue weighted by atomic mass is 10.1. The summed E-state index contributed by atoms with van der Waals surface area (Å²) in [5.41, 5.74) is 1.59. The van der Waals surface area contributed by atoms with Gasteiger partial charge >= 0.3 is 0 Å². The molecule has 0 bridgehead atoms. The quantitative estimate of drug-likeness (QED) is 0.813. The largest absolute Gasteiger partial charge is 0.496 e. The molecule has 6 heteroatoms. The molecule has 1 heterocycles. The number of hydrogen-bond donors (Lipinski definition) is 0. The Labute approximate surface area is 159 Å². The highest BCUT2D eigenvalue weighted by molar-refractivity contribution is 5.95. The lowest BCUT2D eigenvalue weighted by Crippen LogP contribution is -2.51. The molecule has 1 aliphatic heterocycles. The van der Waals surface area contributed by atoms with Crippen molar-refractivity contribution >= 4 is 11.8 Å². The molecule has 3 rings (SSSR count). The minimum Gasteiger partial charge on any atom is -0.496 e. The summed E-state index contributed by atoms with van der Waals surface area (Å²) in [5, 5.41) is 0. The van der Waals surface area contributed by atoms with E-state index >= 15 is 0 Å². The van der Waals surface area contributed by atoms with Crippen LogP contribution < -0.4 is 9.47 Å². The standard InChI is InChI=1S/C21H24N2O4/c1-16-8-9-17(14-19(16)26-2)21(25)23-12-10-22(11-13-23)20(24)15-27-18-6-4-3-5-7-18/h3-9,14H,10-13,15H2,1-2H3. The van der Waals surface area contributed by atoms with Gasteiger partial charge in [0.2, 0.25) is 0 Å². The zero-order valence-electron chi connectivity index (χ0n) is 15.7. The number of nitrogens with zero attached hydrogens (tertiary/aromatic N) is 2. The number of benzene rings is 2. The summed E-state index contributed by atoms with van der Waals surface area (Å²) >= 11 is 0. The van der Waals surface area contributed by atoms with Crippen molar-refractivity contribution in [2.45, 2.75) is 6.92 Å². The van der Waals surface area contributed by atoms with E-state index < -0.39 is 0 Å². The normalized spacial score (nSPS) is 14.0. The third kappa shape index (κ3) is 4.58. The minimum absolute atomic E-state index is 0.00706. The molecule has 6 nitrogen and oxygen atoms in total. The number of amides is 2. The molecule has 1 saturated heterocycles. The van der Waals surface area contributed by atoms with Gasteiger partial charge in [0, 0.05) is 31.7 Å². The summed E-state index contributed by atoms with van der Waals surface area (Å²) in [4.78, 5) is 28.5. The maximum atomic E-state index is 12.7. The summed E-state index contributed by atoms with van der Waals surface area (Å²) in [6, 6.07) is 14.7. The Morgan fingerprint density at radius 3 is 2.30 bits per heavy atom. The van der Waals surface area contributed by atoms with Crippen LogP contribution in [0.3, 0.4) is 0 Å². The first kappa shape index (κ1) is 18.8. The van der Waals surface area contributed by atoms with Crippen molar-refractivity contribution in [3.8, 4) is 11.5 Å². The van der Waals surface area contributed by atoms with Crippen LogP contribution in [-0.4, -0.2) is 61.5 Å². The Kier molecular flexibility index (Phi) is 5.96. The number of aryl methyl sites for hydroxylation is 1. The first-order valence-electron chi connectivity index (χ1n) is 8.98. The van der Waals surface area contributed by atoms with Gasteiger partial charge in [0.1, 0.15) is 11.5 Å². The molecule has 0 atom stereocenters. The van der Waals surface area contributed by atoms with E-state index in [2.05, 4.69) is 0 Å². The SMILES string of the molecule is COc1cc(C(=O)N2CCN(C(=O)COc3ccccc3)CC2)ccc1C. The topological polar surface area (TPSA) is 59.1 Å². The van der Waals surface area contributed by atoms with Gasteiger partial charge in [-0.25, -0.2) is 0 Å². The zero-order valence-corrected chi connectivity index (χ0v) is 15.7. The molecule has 2 aromatic carbocycles. The third-order valence-corrected chi connectivity index (χ3v) is 4.68. The predicted molar refractivity (Wildman–Crippen MR) is 102 cm³/mol. The predicted octanol–water partition coefficient (Wildman–Crippen LogP) is 2.37. The second kappa shape index (κ2) is 8.58. The van der Waals surface area contributed by atoms with E-state index in [1.807, 2.05) is 49.4 Å². The van der Waals surface area contributed by atoms with Gasteiger partial charge in [-0.05, 0) is 36.8 Å². The molecule has 1 fully saturated rings. The molecule has 0 radical (unpaired) electrons. The monoisotopic (exact) mass is 368 g/mol. The van der Waals surface area contributed by atoms with Crippen molar-refractivity contribution in [1.82, 2.24) is 9.80 Å². The number of para-hydroxylation sites is 1. The Morgan fingerprint density at radius 2 is 1.63 bits per heavy atom. The zero-order chi connectivity index (χ0) is 19.2. The second-order valence-corrected chi connectivity index (χ2v) is 6.46. The van der Waals surface area contributed by atoms with Crippen LogP contribution in [0.15, 0.2) is 48.5 Å². The average Bonchev–Trinajstić information content (AvgIpc) is 2.72. The van der Waals surface area contributed by atoms with Gasteiger partial charge in [-0.2, -0.15) is 0 Å². The van der Waals surface area contributed by atoms with E-state index in [9.17, 15) is 9.59 Å². The Hall–Kier alpha value is -3.02. The second-order valence-electron chi connectivity index (χ2n) is 6.46. The van der Waals surface area contributed by atoms with Crippen molar-refractivity contribution < 1.29 is 19.1 Å². The van der Waals surface area contributed by atoms with Crippen LogP contribution in [0.2, 0.25) is 0 Å². The van der Waals surface area contributed by atoms with E-state index in [1.54, 1.807) is 23.0 Å². The number of rotatable bonds is 5. The van der Waals surface area contributed by atoms with E-state index in [-0.39, 0.29) is 18.4 Å². The number of carbonyl (C=O) groups is 2. The summed E-state index contributed by atoms with van der Waals surface area (Å²) in [7, 11) is 1.60. The highest BCUT2D eigenvalue weighted by Crippen LogP contribution is 2.20. The summed E-state index contributed by atoms with van der Waals surface area (Å²) in [6.07, 6.45) is 0. The van der Waals surface area contributed by atoms with Gasteiger partial charge in [-0.15, -0.1) is 0 Å². The van der Waals surface area contributed by atoms with Crippen molar-refractivity contribution in [3.63, 3.8) is 0 Å². The number of hydrogen-bond acceptors (Lipinski definition) is 4. The molecule has 0 saturated carbocycles. The van der Waals surface area contributed by atoms with E-state index in [4.69, 9.17) is 9.47 Å². The van der Waals surface area contributed by atoms with Crippen LogP contribution >= 0.6 is 0 Å². The van der Waals surface area contributed by atoms with Crippen LogP contribution in [0.4, 0.5) is 0 Å². The summed E-state index contributed by atoms with van der Waals surface area (Å²) < 4.78 is 10.8. The summed E-state index contributed by atoms with van der Waals surface area (Å²) in [5.74, 6) is 1.27. The lowest BCUT2D eigenvalue weighted by molar-refractivity contribution is -0.134. The van der Waals surface area contributed by atoms with Gasteiger partial charge < -0.3 is 19.3 Å². The molecule has 0 aromatic heterocycles. The van der Waals surface area contributed by atoms with E-state index in [0.717, 1.165) is 5.56 Å². The highest BCUT2D eigenvalue weighted by atomic mass is 16.5. The minimum atomic E-state index is -0.0667. The number of piperazine rings is 1. The highest BCUT2D eigenvalue weighted by Gasteiger charge is 2.25. The van der Waals surface area contributed by atoms with Crippen molar-refractivity contribution in [2.24, 2.45) is 0 Å². The first-order valence-corrected chi connectivity index (χ1v) is 8.98. The van der Waals surface area contributed by atoms with E-state index in [1.165, 1.54) is 0 Å². The van der Waals surface area contributed by atoms with Gasteiger partial charge in [0.15, 0.2) is 6.61 Å². The Morgan fingerprint density at radius 1 is 0.963 bits per heavy atom. The molecule has 0 unspecified atom stereocenters. The van der Waals surface area contributed by atoms with Gasteiger partial charge in [-0.3, -0.25) is 9.59 Å². The molecule has 2 amide bonds. The van der Waals surface area contributed by atoms with Gasteiger partial charge in [0.25, 0.3) is 11.8 Å². The van der Waals surface area contributed by atoms with Crippen LogP contribution in [0, 0.1) is 6.92 Å². The van der Waals surface area contributed by atoms with Crippen molar-refractivity contribution in [1.29, 1.82) is 0 Å². The summed E-state index contributed by atoms with van der Waals surface area (Å²) in [6.45, 7) is 3.97. The molecule has 27 heavy (non-hydrogen) atoms. The number of methoxy groups -OCH3 is 1. The molecular weight excluding hydrogens is 344 g/mol.